The lowest BCUT2D eigenvalue weighted by Gasteiger charge is -2.44. The smallest absolute Gasteiger partial charge is 0.252 e. The summed E-state index contributed by atoms with van der Waals surface area (Å²) in [4.78, 5) is 36.8. The van der Waals surface area contributed by atoms with Crippen molar-refractivity contribution in [2.45, 2.75) is 26.2 Å². The molecule has 5 heterocycles. The number of halogens is 3. The molecule has 0 fully saturated rings. The number of anilines is 6. The van der Waals surface area contributed by atoms with Gasteiger partial charge in [-0.2, -0.15) is 5.26 Å². The van der Waals surface area contributed by atoms with Crippen LogP contribution < -0.4 is 26.2 Å². The van der Waals surface area contributed by atoms with Crippen molar-refractivity contribution in [2.24, 2.45) is 0 Å². The van der Waals surface area contributed by atoms with E-state index in [0.29, 0.717) is 46.1 Å². The molecule has 0 amide bonds. The van der Waals surface area contributed by atoms with Gasteiger partial charge in [0, 0.05) is 89.0 Å². The highest BCUT2D eigenvalue weighted by molar-refractivity contribution is 14.1. The van der Waals surface area contributed by atoms with Crippen molar-refractivity contribution in [3.8, 4) is 136 Å². The second-order valence-corrected chi connectivity index (χ2v) is 34.5. The van der Waals surface area contributed by atoms with Gasteiger partial charge in [-0.25, -0.2) is 29.9 Å². The number of unbranched alkanes of at least 4 members (excludes halogenated alkanes) is 1. The number of rotatable bonds is 17. The predicted octanol–water partition coefficient (Wildman–Crippen LogP) is 26.6. The Morgan fingerprint density at radius 3 is 1.16 bits per heavy atom. The molecule has 16 aromatic carbocycles. The molecule has 0 N–H and O–H groups in total. The Morgan fingerprint density at radius 2 is 0.686 bits per heavy atom. The van der Waals surface area contributed by atoms with E-state index in [1.165, 1.54) is 38.2 Å². The van der Waals surface area contributed by atoms with Crippen molar-refractivity contribution in [3.63, 3.8) is 0 Å². The third-order valence-electron chi connectivity index (χ3n) is 23.2. The molecule has 2 aliphatic heterocycles. The Labute approximate surface area is 743 Å². The van der Waals surface area contributed by atoms with Gasteiger partial charge >= 0.3 is 0 Å². The van der Waals surface area contributed by atoms with Gasteiger partial charge in [-0.15, -0.1) is 0 Å². The maximum atomic E-state index is 11.0. The maximum Gasteiger partial charge on any atom is 0.252 e. The Kier molecular flexibility index (Phi) is 19.9. The van der Waals surface area contributed by atoms with Crippen LogP contribution in [0.3, 0.4) is 0 Å². The molecule has 10 nitrogen and oxygen atoms in total. The minimum atomic E-state index is -0.205. The quantitative estimate of drug-likeness (QED) is 0.0650. The summed E-state index contributed by atoms with van der Waals surface area (Å²) in [5.41, 5.74) is 30.5. The molecule has 121 heavy (non-hydrogen) atoms. The number of aromatic nitrogens is 7. The van der Waals surface area contributed by atoms with Gasteiger partial charge in [-0.05, 0) is 273 Å². The van der Waals surface area contributed by atoms with E-state index in [9.17, 15) is 5.26 Å². The fourth-order valence-electron chi connectivity index (χ4n) is 17.4. The molecule has 2 aliphatic rings. The van der Waals surface area contributed by atoms with Crippen molar-refractivity contribution in [1.29, 1.82) is 5.26 Å². The highest BCUT2D eigenvalue weighted by Gasteiger charge is 2.44. The highest BCUT2D eigenvalue weighted by Crippen LogP contribution is 2.50. The fraction of sp³-hybridized carbons (Fsp3) is 0.0374. The first-order valence-electron chi connectivity index (χ1n) is 40.6. The minimum absolute atomic E-state index is 0.205. The van der Waals surface area contributed by atoms with Crippen LogP contribution >= 0.6 is 67.8 Å². The van der Waals surface area contributed by atoms with Gasteiger partial charge in [0.1, 0.15) is 0 Å². The molecule has 14 heteroatoms. The molecule has 0 saturated carbocycles. The zero-order valence-electron chi connectivity index (χ0n) is 65.5. The number of hydrogen-bond acceptors (Lipinski definition) is 9. The standard InChI is InChI=1S/C107H70BI3N10/c1-2-3-22-67-53-81(56-84(109)54-67)78-41-49-92-97(60-78)119(87-44-36-71(37-45-87)69-23-10-4-11-24-69)99-63-83(64-100-101(99)108(92)93-50-42-79(82-57-85(110)65-86(111)58-82)61-98(93)120(100)88-46-38-72(39-47-88)70-25-12-5-13-26-70)77-43-52-94-90(59-77)89-48-40-80(106-115-102(73-27-14-6-15-28-73)113-103(116-106)74-29-16-7-17-30-74)62-96(89)121(94)95-51-35-68(66-112)55-91(95)107-117-104(75-31-18-8-19-32-75)114-105(118-107)76-33-20-9-21-34-76/h4-21,23-65H,2-3,22H2,1H3. The molecule has 0 unspecified atom stereocenters. The highest BCUT2D eigenvalue weighted by atomic mass is 127. The van der Waals surface area contributed by atoms with Crippen molar-refractivity contribution in [2.75, 3.05) is 9.80 Å². The van der Waals surface area contributed by atoms with E-state index in [0.717, 1.165) is 159 Å². The number of nitrogens with zero attached hydrogens (tertiary/aromatic N) is 10. The monoisotopic (exact) mass is 1890 g/mol. The summed E-state index contributed by atoms with van der Waals surface area (Å²) in [7, 11) is 0. The molecule has 0 saturated heterocycles. The van der Waals surface area contributed by atoms with Crippen LogP contribution in [-0.2, 0) is 6.42 Å². The zero-order valence-corrected chi connectivity index (χ0v) is 72.0. The Balaban J connectivity index is 0.840. The molecule has 0 bridgehead atoms. The molecule has 19 aromatic rings. The summed E-state index contributed by atoms with van der Waals surface area (Å²) in [5.74, 6) is 3.03. The van der Waals surface area contributed by atoms with Gasteiger partial charge in [0.25, 0.3) is 6.71 Å². The molecular formula is C107H70BI3N10. The summed E-state index contributed by atoms with van der Waals surface area (Å²) in [5, 5.41) is 13.0. The van der Waals surface area contributed by atoms with E-state index < -0.39 is 0 Å². The number of fused-ring (bicyclic) bond motifs is 7. The van der Waals surface area contributed by atoms with Crippen LogP contribution in [0.25, 0.3) is 151 Å². The summed E-state index contributed by atoms with van der Waals surface area (Å²) < 4.78 is 5.88. The molecule has 21 rings (SSSR count). The zero-order chi connectivity index (χ0) is 81.2. The number of aryl methyl sites for hydroxylation is 1. The molecular weight excluding hydrogens is 1820 g/mol. The average molecular weight is 1890 g/mol. The van der Waals surface area contributed by atoms with Crippen LogP contribution in [0.15, 0.2) is 370 Å². The third-order valence-corrected chi connectivity index (χ3v) is 25.1. The van der Waals surface area contributed by atoms with Gasteiger partial charge in [-0.1, -0.05) is 268 Å². The summed E-state index contributed by atoms with van der Waals surface area (Å²) >= 11 is 7.45. The van der Waals surface area contributed by atoms with E-state index >= 15 is 0 Å². The Morgan fingerprint density at radius 1 is 0.298 bits per heavy atom. The van der Waals surface area contributed by atoms with Gasteiger partial charge in [0.05, 0.1) is 28.4 Å². The van der Waals surface area contributed by atoms with Crippen LogP contribution in [0.2, 0.25) is 0 Å². The molecule has 572 valence electrons. The summed E-state index contributed by atoms with van der Waals surface area (Å²) in [6.45, 7) is 2.07. The maximum absolute atomic E-state index is 11.0. The second kappa shape index (κ2) is 32.1. The van der Waals surface area contributed by atoms with E-state index in [-0.39, 0.29) is 6.71 Å². The predicted molar refractivity (Wildman–Crippen MR) is 523 cm³/mol. The first-order chi connectivity index (χ1) is 59.6. The van der Waals surface area contributed by atoms with Crippen molar-refractivity contribution < 1.29 is 0 Å². The van der Waals surface area contributed by atoms with Crippen LogP contribution in [0.1, 0.15) is 30.9 Å². The van der Waals surface area contributed by atoms with Gasteiger partial charge < -0.3 is 14.4 Å². The normalized spacial score (nSPS) is 12.0. The topological polar surface area (TPSA) is 113 Å². The minimum Gasteiger partial charge on any atom is -0.311 e. The van der Waals surface area contributed by atoms with Gasteiger partial charge in [0.2, 0.25) is 0 Å². The molecule has 3 aromatic heterocycles. The fourth-order valence-corrected chi connectivity index (χ4v) is 20.1. The first-order valence-corrected chi connectivity index (χ1v) is 43.8. The lowest BCUT2D eigenvalue weighted by Crippen LogP contribution is -2.61. The Hall–Kier alpha value is -13.3. The van der Waals surface area contributed by atoms with E-state index in [4.69, 9.17) is 29.9 Å². The van der Waals surface area contributed by atoms with Crippen LogP contribution in [-0.4, -0.2) is 41.2 Å². The lowest BCUT2D eigenvalue weighted by atomic mass is 9.33. The van der Waals surface area contributed by atoms with Crippen molar-refractivity contribution in [3.05, 3.63) is 392 Å². The summed E-state index contributed by atoms with van der Waals surface area (Å²) in [6.07, 6.45) is 3.25. The molecule has 0 atom stereocenters. The van der Waals surface area contributed by atoms with E-state index in [1.54, 1.807) is 0 Å². The van der Waals surface area contributed by atoms with Crippen LogP contribution in [0.5, 0.6) is 0 Å². The SMILES string of the molecule is CCCCc1cc(I)cc(-c2ccc3c(c2)N(c2ccc(-c4ccccc4)cc2)c2cc(-c4ccc5c(c4)c4ccc(-c6nc(-c7ccccc7)nc(-c7ccccc7)n6)cc4n5-c4ccc(C#N)cc4-c4nc(-c5ccccc5)nc(-c5ccccc5)n4)cc4c2B3c2ccc(-c3cc(I)cc(I)c3)cc2N4c2ccc(-c3ccccc3)cc2)c1. The number of nitriles is 1. The van der Waals surface area contributed by atoms with E-state index in [1.807, 2.05) is 140 Å². The lowest BCUT2D eigenvalue weighted by molar-refractivity contribution is 0.795. The molecule has 0 spiro atoms. The van der Waals surface area contributed by atoms with Crippen molar-refractivity contribution in [1.82, 2.24) is 34.5 Å². The van der Waals surface area contributed by atoms with Crippen LogP contribution in [0.4, 0.5) is 34.1 Å². The van der Waals surface area contributed by atoms with Gasteiger partial charge in [0.15, 0.2) is 34.9 Å². The molecule has 0 radical (unpaired) electrons. The van der Waals surface area contributed by atoms with E-state index in [2.05, 4.69) is 326 Å². The van der Waals surface area contributed by atoms with Crippen LogP contribution in [0, 0.1) is 22.0 Å². The third kappa shape index (κ3) is 14.3. The largest absolute Gasteiger partial charge is 0.311 e. The average Bonchev–Trinajstić information content (AvgIpc) is 1.09. The number of hydrogen-bond donors (Lipinski definition) is 0. The Bertz CT molecular complexity index is 7160. The van der Waals surface area contributed by atoms with Crippen molar-refractivity contribution >= 4 is 147 Å². The first kappa shape index (κ1) is 75.2. The van der Waals surface area contributed by atoms with Gasteiger partial charge in [-0.3, -0.25) is 0 Å². The number of benzene rings is 16. The second-order valence-electron chi connectivity index (χ2n) is 30.7. The summed E-state index contributed by atoms with van der Waals surface area (Å²) in [6, 6.07) is 135. The molecule has 0 aliphatic carbocycles.